The minimum Gasteiger partial charge on any atom is -0.462 e. The maximum absolute atomic E-state index is 12.3. The number of nitro benzene ring substituents is 1. The lowest BCUT2D eigenvalue weighted by molar-refractivity contribution is -0.384. The highest BCUT2D eigenvalue weighted by molar-refractivity contribution is 7.15. The molecule has 1 heterocycles. The number of nitro groups is 1. The summed E-state index contributed by atoms with van der Waals surface area (Å²) < 4.78 is 5.13. The first kappa shape index (κ1) is 18.8. The quantitative estimate of drug-likeness (QED) is 0.404. The third kappa shape index (κ3) is 4.62. The smallest absolute Gasteiger partial charge is 0.341 e. The summed E-state index contributed by atoms with van der Waals surface area (Å²) in [6.07, 6.45) is 2.08. The predicted molar refractivity (Wildman–Crippen MR) is 102 cm³/mol. The Morgan fingerprint density at radius 3 is 2.59 bits per heavy atom. The van der Waals surface area contributed by atoms with Crippen LogP contribution < -0.4 is 10.6 Å². The van der Waals surface area contributed by atoms with Crippen molar-refractivity contribution in [2.75, 3.05) is 23.8 Å². The highest BCUT2D eigenvalue weighted by Crippen LogP contribution is 2.46. The summed E-state index contributed by atoms with van der Waals surface area (Å²) in [4.78, 5) is 34.7. The van der Waals surface area contributed by atoms with Crippen molar-refractivity contribution in [2.24, 2.45) is 0 Å². The molecule has 1 aromatic carbocycles. The van der Waals surface area contributed by atoms with Crippen molar-refractivity contribution in [3.63, 3.8) is 0 Å². The Labute approximate surface area is 159 Å². The summed E-state index contributed by atoms with van der Waals surface area (Å²) in [6.45, 7) is 1.98. The Bertz CT molecular complexity index is 858. The van der Waals surface area contributed by atoms with Gasteiger partial charge in [0.15, 0.2) is 0 Å². The van der Waals surface area contributed by atoms with Crippen molar-refractivity contribution in [3.05, 3.63) is 50.9 Å². The van der Waals surface area contributed by atoms with Crippen LogP contribution in [0.3, 0.4) is 0 Å². The minimum atomic E-state index is -0.484. The maximum Gasteiger partial charge on any atom is 0.341 e. The van der Waals surface area contributed by atoms with Crippen molar-refractivity contribution in [3.8, 4) is 0 Å². The molecular weight excluding hydrogens is 370 g/mol. The molecule has 27 heavy (non-hydrogen) atoms. The molecule has 1 amide bonds. The van der Waals surface area contributed by atoms with Gasteiger partial charge in [0.25, 0.3) is 5.69 Å². The van der Waals surface area contributed by atoms with E-state index in [0.29, 0.717) is 22.2 Å². The number of amides is 1. The van der Waals surface area contributed by atoms with Gasteiger partial charge in [-0.1, -0.05) is 0 Å². The van der Waals surface area contributed by atoms with E-state index in [2.05, 4.69) is 10.6 Å². The van der Waals surface area contributed by atoms with E-state index in [0.717, 1.165) is 18.4 Å². The van der Waals surface area contributed by atoms with Gasteiger partial charge in [0, 0.05) is 17.8 Å². The number of nitrogens with one attached hydrogen (secondary N) is 2. The fraction of sp³-hybridized carbons (Fsp3) is 0.333. The summed E-state index contributed by atoms with van der Waals surface area (Å²) in [5.41, 5.74) is 1.96. The summed E-state index contributed by atoms with van der Waals surface area (Å²) in [6, 6.07) is 5.79. The van der Waals surface area contributed by atoms with E-state index in [1.54, 1.807) is 6.92 Å². The highest BCUT2D eigenvalue weighted by Gasteiger charge is 2.32. The van der Waals surface area contributed by atoms with Gasteiger partial charge in [-0.3, -0.25) is 14.9 Å². The number of thiophene rings is 1. The van der Waals surface area contributed by atoms with Crippen LogP contribution in [0.2, 0.25) is 0 Å². The van der Waals surface area contributed by atoms with Gasteiger partial charge in [-0.15, -0.1) is 11.3 Å². The van der Waals surface area contributed by atoms with Crippen LogP contribution in [0.5, 0.6) is 0 Å². The first-order valence-corrected chi connectivity index (χ1v) is 9.44. The Hall–Kier alpha value is -2.94. The van der Waals surface area contributed by atoms with Gasteiger partial charge in [0.2, 0.25) is 5.91 Å². The van der Waals surface area contributed by atoms with Crippen molar-refractivity contribution in [1.29, 1.82) is 0 Å². The van der Waals surface area contributed by atoms with Crippen LogP contribution in [0.25, 0.3) is 0 Å². The lowest BCUT2D eigenvalue weighted by atomic mass is 10.1. The largest absolute Gasteiger partial charge is 0.462 e. The molecule has 3 rings (SSSR count). The lowest BCUT2D eigenvalue weighted by Crippen LogP contribution is -2.22. The number of benzene rings is 1. The second kappa shape index (κ2) is 8.17. The van der Waals surface area contributed by atoms with Gasteiger partial charge in [0.05, 0.1) is 23.6 Å². The monoisotopic (exact) mass is 389 g/mol. The Kier molecular flexibility index (Phi) is 5.70. The molecule has 8 nitrogen and oxygen atoms in total. The second-order valence-corrected chi connectivity index (χ2v) is 6.98. The highest BCUT2D eigenvalue weighted by atomic mass is 32.1. The number of hydrogen-bond donors (Lipinski definition) is 2. The molecule has 0 aliphatic heterocycles. The van der Waals surface area contributed by atoms with Crippen LogP contribution in [-0.4, -0.2) is 30.0 Å². The van der Waals surface area contributed by atoms with Crippen LogP contribution in [0, 0.1) is 10.1 Å². The van der Waals surface area contributed by atoms with E-state index in [9.17, 15) is 19.7 Å². The van der Waals surface area contributed by atoms with E-state index < -0.39 is 10.9 Å². The lowest BCUT2D eigenvalue weighted by Gasteiger charge is -2.09. The van der Waals surface area contributed by atoms with E-state index in [4.69, 9.17) is 4.74 Å². The Balaban J connectivity index is 1.63. The predicted octanol–water partition coefficient (Wildman–Crippen LogP) is 3.76. The first-order valence-electron chi connectivity index (χ1n) is 8.56. The molecule has 1 aliphatic carbocycles. The van der Waals surface area contributed by atoms with E-state index in [1.165, 1.54) is 35.6 Å². The topological polar surface area (TPSA) is 111 Å². The van der Waals surface area contributed by atoms with E-state index >= 15 is 0 Å². The molecule has 1 aliphatic rings. The molecule has 9 heteroatoms. The molecule has 0 atom stereocenters. The SMILES string of the molecule is CCOC(=O)c1c(C2CC2)csc1NC(=O)CNc1ccc([N+](=O)[O-])cc1. The number of hydrogen-bond acceptors (Lipinski definition) is 7. The van der Waals surface area contributed by atoms with Crippen LogP contribution >= 0.6 is 11.3 Å². The number of ether oxygens (including phenoxy) is 1. The van der Waals surface area contributed by atoms with Gasteiger partial charge in [-0.2, -0.15) is 0 Å². The molecule has 0 unspecified atom stereocenters. The molecule has 0 radical (unpaired) electrons. The maximum atomic E-state index is 12.3. The Morgan fingerprint density at radius 2 is 2.00 bits per heavy atom. The number of nitrogens with zero attached hydrogens (tertiary/aromatic N) is 1. The fourth-order valence-corrected chi connectivity index (χ4v) is 3.67. The normalized spacial score (nSPS) is 13.1. The fourth-order valence-electron chi connectivity index (χ4n) is 2.63. The number of carbonyl (C=O) groups excluding carboxylic acids is 2. The van der Waals surface area contributed by atoms with E-state index in [1.807, 2.05) is 5.38 Å². The molecule has 1 fully saturated rings. The number of non-ortho nitro benzene ring substituents is 1. The molecule has 2 aromatic rings. The molecule has 2 N–H and O–H groups in total. The van der Waals surface area contributed by atoms with E-state index in [-0.39, 0.29) is 24.7 Å². The van der Waals surface area contributed by atoms with Crippen LogP contribution in [-0.2, 0) is 9.53 Å². The summed E-state index contributed by atoms with van der Waals surface area (Å²) in [7, 11) is 0. The second-order valence-electron chi connectivity index (χ2n) is 6.10. The first-order chi connectivity index (χ1) is 13.0. The average Bonchev–Trinajstić information content (AvgIpc) is 3.41. The number of esters is 1. The summed E-state index contributed by atoms with van der Waals surface area (Å²) >= 11 is 1.32. The van der Waals surface area contributed by atoms with Crippen LogP contribution in [0.4, 0.5) is 16.4 Å². The third-order valence-corrected chi connectivity index (χ3v) is 5.01. The zero-order valence-electron chi connectivity index (χ0n) is 14.7. The standard InChI is InChI=1S/C18H19N3O5S/c1-2-26-18(23)16-14(11-3-4-11)10-27-17(16)20-15(22)9-19-12-5-7-13(8-6-12)21(24)25/h5-8,10-11,19H,2-4,9H2,1H3,(H,20,22). The number of anilines is 2. The molecule has 1 saturated carbocycles. The molecular formula is C18H19N3O5S. The van der Waals surface area contributed by atoms with Crippen molar-refractivity contribution < 1.29 is 19.2 Å². The summed E-state index contributed by atoms with van der Waals surface area (Å²) in [5.74, 6) is -0.369. The molecule has 0 saturated heterocycles. The molecule has 1 aromatic heterocycles. The minimum absolute atomic E-state index is 0.0183. The molecule has 0 spiro atoms. The van der Waals surface area contributed by atoms with Gasteiger partial charge in [-0.25, -0.2) is 4.79 Å². The van der Waals surface area contributed by atoms with Gasteiger partial charge < -0.3 is 15.4 Å². The number of carbonyl (C=O) groups is 2. The third-order valence-electron chi connectivity index (χ3n) is 4.10. The number of rotatable bonds is 8. The Morgan fingerprint density at radius 1 is 1.30 bits per heavy atom. The zero-order chi connectivity index (χ0) is 19.4. The van der Waals surface area contributed by atoms with Crippen LogP contribution in [0.1, 0.15) is 41.6 Å². The van der Waals surface area contributed by atoms with Crippen molar-refractivity contribution in [2.45, 2.75) is 25.7 Å². The zero-order valence-corrected chi connectivity index (χ0v) is 15.5. The van der Waals surface area contributed by atoms with Gasteiger partial charge in [0.1, 0.15) is 5.00 Å². The average molecular weight is 389 g/mol. The van der Waals surface area contributed by atoms with Crippen molar-refractivity contribution >= 4 is 39.6 Å². The molecule has 0 bridgehead atoms. The van der Waals surface area contributed by atoms with Crippen molar-refractivity contribution in [1.82, 2.24) is 0 Å². The van der Waals surface area contributed by atoms with Crippen LogP contribution in [0.15, 0.2) is 29.6 Å². The molecule has 142 valence electrons. The summed E-state index contributed by atoms with van der Waals surface area (Å²) in [5, 5.41) is 18.7. The van der Waals surface area contributed by atoms with Gasteiger partial charge in [-0.05, 0) is 48.8 Å². The van der Waals surface area contributed by atoms with Gasteiger partial charge >= 0.3 is 5.97 Å².